The number of para-hydroxylation sites is 1. The summed E-state index contributed by atoms with van der Waals surface area (Å²) in [7, 11) is 0. The molecule has 1 aliphatic rings. The first-order valence-electron chi connectivity index (χ1n) is 5.36. The van der Waals surface area contributed by atoms with Crippen molar-refractivity contribution in [1.82, 2.24) is 0 Å². The van der Waals surface area contributed by atoms with E-state index in [1.54, 1.807) is 0 Å². The molecule has 1 saturated heterocycles. The number of rotatable bonds is 3. The molecule has 0 radical (unpaired) electrons. The average molecular weight is 212 g/mol. The Bertz CT molecular complexity index is 475. The third kappa shape index (κ3) is 1.92. The molecule has 0 N–H and O–H groups in total. The highest BCUT2D eigenvalue weighted by Crippen LogP contribution is 2.31. The SMILES string of the molecule is c1ccc(-c2ccccc2OC2CO2)cc1. The fourth-order valence-corrected chi connectivity index (χ4v) is 1.67. The number of benzene rings is 2. The summed E-state index contributed by atoms with van der Waals surface area (Å²) in [6.07, 6.45) is -0.0511. The van der Waals surface area contributed by atoms with Gasteiger partial charge in [0.25, 0.3) is 0 Å². The molecule has 2 aromatic rings. The van der Waals surface area contributed by atoms with Gasteiger partial charge in [-0.25, -0.2) is 0 Å². The molecule has 2 nitrogen and oxygen atoms in total. The van der Waals surface area contributed by atoms with Crippen LogP contribution >= 0.6 is 0 Å². The van der Waals surface area contributed by atoms with Crippen molar-refractivity contribution in [3.8, 4) is 16.9 Å². The number of hydrogen-bond acceptors (Lipinski definition) is 2. The second-order valence-corrected chi connectivity index (χ2v) is 3.74. The van der Waals surface area contributed by atoms with Crippen LogP contribution in [0, 0.1) is 0 Å². The van der Waals surface area contributed by atoms with Crippen LogP contribution in [0.5, 0.6) is 5.75 Å². The Kier molecular flexibility index (Phi) is 2.35. The Morgan fingerprint density at radius 2 is 1.62 bits per heavy atom. The van der Waals surface area contributed by atoms with E-state index in [4.69, 9.17) is 9.47 Å². The summed E-state index contributed by atoms with van der Waals surface area (Å²) >= 11 is 0. The Morgan fingerprint density at radius 3 is 2.38 bits per heavy atom. The molecule has 1 atom stereocenters. The number of hydrogen-bond donors (Lipinski definition) is 0. The van der Waals surface area contributed by atoms with Gasteiger partial charge in [0.15, 0.2) is 0 Å². The molecule has 0 saturated carbocycles. The molecule has 16 heavy (non-hydrogen) atoms. The molecule has 1 fully saturated rings. The minimum atomic E-state index is -0.0511. The van der Waals surface area contributed by atoms with Crippen molar-refractivity contribution in [1.29, 1.82) is 0 Å². The predicted molar refractivity (Wildman–Crippen MR) is 62.2 cm³/mol. The van der Waals surface area contributed by atoms with Gasteiger partial charge in [0.1, 0.15) is 12.4 Å². The van der Waals surface area contributed by atoms with Gasteiger partial charge in [-0.2, -0.15) is 0 Å². The third-order valence-electron chi connectivity index (χ3n) is 2.53. The molecule has 0 spiro atoms. The molecule has 0 bridgehead atoms. The topological polar surface area (TPSA) is 21.8 Å². The first-order valence-corrected chi connectivity index (χ1v) is 5.36. The summed E-state index contributed by atoms with van der Waals surface area (Å²) < 4.78 is 10.8. The van der Waals surface area contributed by atoms with Gasteiger partial charge in [-0.3, -0.25) is 0 Å². The van der Waals surface area contributed by atoms with E-state index >= 15 is 0 Å². The lowest BCUT2D eigenvalue weighted by Gasteiger charge is -2.09. The molecule has 0 amide bonds. The summed E-state index contributed by atoms with van der Waals surface area (Å²) in [4.78, 5) is 0. The van der Waals surface area contributed by atoms with Gasteiger partial charge >= 0.3 is 0 Å². The Labute approximate surface area is 94.4 Å². The maximum atomic E-state index is 5.69. The maximum Gasteiger partial charge on any atom is 0.223 e. The largest absolute Gasteiger partial charge is 0.462 e. The molecular formula is C14H12O2. The average Bonchev–Trinajstić information content (AvgIpc) is 3.15. The van der Waals surface area contributed by atoms with E-state index < -0.39 is 0 Å². The molecular weight excluding hydrogens is 200 g/mol. The number of epoxide rings is 1. The summed E-state index contributed by atoms with van der Waals surface area (Å²) in [5, 5.41) is 0. The van der Waals surface area contributed by atoms with Crippen molar-refractivity contribution >= 4 is 0 Å². The summed E-state index contributed by atoms with van der Waals surface area (Å²) in [5.41, 5.74) is 2.28. The third-order valence-corrected chi connectivity index (χ3v) is 2.53. The molecule has 0 aliphatic carbocycles. The minimum absolute atomic E-state index is 0.0511. The van der Waals surface area contributed by atoms with Crippen molar-refractivity contribution in [2.24, 2.45) is 0 Å². The van der Waals surface area contributed by atoms with Gasteiger partial charge in [0.2, 0.25) is 6.29 Å². The molecule has 80 valence electrons. The van der Waals surface area contributed by atoms with Crippen LogP contribution in [0.3, 0.4) is 0 Å². The van der Waals surface area contributed by atoms with Crippen molar-refractivity contribution in [3.05, 3.63) is 54.6 Å². The monoisotopic (exact) mass is 212 g/mol. The highest BCUT2D eigenvalue weighted by Gasteiger charge is 2.25. The fourth-order valence-electron chi connectivity index (χ4n) is 1.67. The summed E-state index contributed by atoms with van der Waals surface area (Å²) in [6.45, 7) is 0.698. The molecule has 2 heteroatoms. The second-order valence-electron chi connectivity index (χ2n) is 3.74. The molecule has 0 aromatic heterocycles. The van der Waals surface area contributed by atoms with E-state index in [1.165, 1.54) is 5.56 Å². The van der Waals surface area contributed by atoms with Gasteiger partial charge in [-0.05, 0) is 11.6 Å². The van der Waals surface area contributed by atoms with E-state index in [0.717, 1.165) is 11.3 Å². The molecule has 1 unspecified atom stereocenters. The quantitative estimate of drug-likeness (QED) is 0.729. The van der Waals surface area contributed by atoms with Crippen molar-refractivity contribution in [2.45, 2.75) is 6.29 Å². The van der Waals surface area contributed by atoms with Gasteiger partial charge in [0.05, 0.1) is 0 Å². The van der Waals surface area contributed by atoms with Crippen LogP contribution in [0.2, 0.25) is 0 Å². The standard InChI is InChI=1S/C14H12O2/c1-2-6-11(7-3-1)12-8-4-5-9-13(12)16-14-10-15-14/h1-9,14H,10H2. The molecule has 1 heterocycles. The van der Waals surface area contributed by atoms with Crippen molar-refractivity contribution in [3.63, 3.8) is 0 Å². The first-order chi connectivity index (χ1) is 7.93. The lowest BCUT2D eigenvalue weighted by molar-refractivity contribution is 0.180. The minimum Gasteiger partial charge on any atom is -0.462 e. The second kappa shape index (κ2) is 3.99. The highest BCUT2D eigenvalue weighted by atomic mass is 16.8. The van der Waals surface area contributed by atoms with Crippen LogP contribution in [-0.2, 0) is 4.74 Å². The lowest BCUT2D eigenvalue weighted by Crippen LogP contribution is -1.99. The highest BCUT2D eigenvalue weighted by molar-refractivity contribution is 5.70. The van der Waals surface area contributed by atoms with Gasteiger partial charge < -0.3 is 9.47 Å². The molecule has 3 rings (SSSR count). The summed E-state index contributed by atoms with van der Waals surface area (Å²) in [6, 6.07) is 18.3. The normalized spacial score (nSPS) is 18.1. The zero-order valence-electron chi connectivity index (χ0n) is 8.80. The zero-order valence-corrected chi connectivity index (χ0v) is 8.80. The van der Waals surface area contributed by atoms with Gasteiger partial charge in [0, 0.05) is 5.56 Å². The Balaban J connectivity index is 1.98. The Hall–Kier alpha value is -1.80. The fraction of sp³-hybridized carbons (Fsp3) is 0.143. The van der Waals surface area contributed by atoms with Crippen molar-refractivity contribution in [2.75, 3.05) is 6.61 Å². The van der Waals surface area contributed by atoms with E-state index in [1.807, 2.05) is 36.4 Å². The van der Waals surface area contributed by atoms with E-state index in [0.29, 0.717) is 6.61 Å². The smallest absolute Gasteiger partial charge is 0.223 e. The summed E-state index contributed by atoms with van der Waals surface area (Å²) in [5.74, 6) is 0.885. The Morgan fingerprint density at radius 1 is 0.938 bits per heavy atom. The van der Waals surface area contributed by atoms with E-state index in [9.17, 15) is 0 Å². The van der Waals surface area contributed by atoms with Gasteiger partial charge in [-0.1, -0.05) is 48.5 Å². The van der Waals surface area contributed by atoms with E-state index in [2.05, 4.69) is 18.2 Å². The van der Waals surface area contributed by atoms with Crippen LogP contribution in [0.4, 0.5) is 0 Å². The van der Waals surface area contributed by atoms with Crippen LogP contribution < -0.4 is 4.74 Å². The molecule has 1 aliphatic heterocycles. The van der Waals surface area contributed by atoms with Crippen LogP contribution in [0.15, 0.2) is 54.6 Å². The maximum absolute atomic E-state index is 5.69. The van der Waals surface area contributed by atoms with Crippen LogP contribution in [0.25, 0.3) is 11.1 Å². The first kappa shape index (κ1) is 9.43. The van der Waals surface area contributed by atoms with Crippen molar-refractivity contribution < 1.29 is 9.47 Å². The van der Waals surface area contributed by atoms with E-state index in [-0.39, 0.29) is 6.29 Å². The van der Waals surface area contributed by atoms with Crippen LogP contribution in [-0.4, -0.2) is 12.9 Å². The van der Waals surface area contributed by atoms with Gasteiger partial charge in [-0.15, -0.1) is 0 Å². The predicted octanol–water partition coefficient (Wildman–Crippen LogP) is 3.09. The van der Waals surface area contributed by atoms with Crippen LogP contribution in [0.1, 0.15) is 0 Å². The molecule has 2 aromatic carbocycles. The number of ether oxygens (including phenoxy) is 2. The zero-order chi connectivity index (χ0) is 10.8. The lowest BCUT2D eigenvalue weighted by atomic mass is 10.1.